The van der Waals surface area contributed by atoms with Crippen LogP contribution in [-0.2, 0) is 4.79 Å². The summed E-state index contributed by atoms with van der Waals surface area (Å²) in [6, 6.07) is 9.82. The number of nitrogens with two attached hydrogens (primary N) is 1. The Hall–Kier alpha value is -1.39. The summed E-state index contributed by atoms with van der Waals surface area (Å²) >= 11 is 0. The zero-order chi connectivity index (χ0) is 13.9. The van der Waals surface area contributed by atoms with Crippen molar-refractivity contribution in [1.29, 1.82) is 0 Å². The van der Waals surface area contributed by atoms with Crippen molar-refractivity contribution in [2.75, 3.05) is 19.6 Å². The summed E-state index contributed by atoms with van der Waals surface area (Å²) in [5.41, 5.74) is 6.86. The maximum Gasteiger partial charge on any atom is 0.241 e. The second-order valence-electron chi connectivity index (χ2n) is 6.01. The van der Waals surface area contributed by atoms with Gasteiger partial charge in [-0.15, -0.1) is 0 Å². The van der Waals surface area contributed by atoms with Crippen molar-refractivity contribution in [2.24, 2.45) is 11.7 Å². The van der Waals surface area contributed by atoms with Gasteiger partial charge in [0.25, 0.3) is 0 Å². The Kier molecular flexibility index (Phi) is 4.03. The molecule has 0 bridgehead atoms. The monoisotopic (exact) mass is 273 g/mol. The van der Waals surface area contributed by atoms with Crippen LogP contribution in [0.4, 0.5) is 0 Å². The standard InChI is InChI=1S/C16H23N3O/c17-15(13-4-2-1-3-5-13)16(20)18-10-12-8-9-19(11-12)14-6-7-14/h1-5,12,14-15H,6-11,17H2,(H,18,20)/t12?,15-/m1/s1. The van der Waals surface area contributed by atoms with E-state index in [1.807, 2.05) is 30.3 Å². The zero-order valence-electron chi connectivity index (χ0n) is 11.8. The summed E-state index contributed by atoms with van der Waals surface area (Å²) in [6.45, 7) is 3.07. The van der Waals surface area contributed by atoms with Gasteiger partial charge >= 0.3 is 0 Å². The lowest BCUT2D eigenvalue weighted by Gasteiger charge is -2.17. The van der Waals surface area contributed by atoms with E-state index >= 15 is 0 Å². The smallest absolute Gasteiger partial charge is 0.241 e. The summed E-state index contributed by atoms with van der Waals surface area (Å²) in [6.07, 6.45) is 3.91. The molecule has 2 atom stereocenters. The van der Waals surface area contributed by atoms with Crippen LogP contribution >= 0.6 is 0 Å². The van der Waals surface area contributed by atoms with Gasteiger partial charge < -0.3 is 16.0 Å². The van der Waals surface area contributed by atoms with Crippen LogP contribution in [0, 0.1) is 5.92 Å². The molecule has 20 heavy (non-hydrogen) atoms. The maximum absolute atomic E-state index is 12.1. The van der Waals surface area contributed by atoms with Gasteiger partial charge in [-0.1, -0.05) is 30.3 Å². The number of amides is 1. The summed E-state index contributed by atoms with van der Waals surface area (Å²) in [5.74, 6) is 0.517. The van der Waals surface area contributed by atoms with Crippen LogP contribution in [0.2, 0.25) is 0 Å². The molecular formula is C16H23N3O. The van der Waals surface area contributed by atoms with Crippen LogP contribution in [0.1, 0.15) is 30.9 Å². The Morgan fingerprint density at radius 1 is 1.30 bits per heavy atom. The van der Waals surface area contributed by atoms with Crippen LogP contribution in [0.3, 0.4) is 0 Å². The minimum Gasteiger partial charge on any atom is -0.354 e. The van der Waals surface area contributed by atoms with Gasteiger partial charge in [-0.05, 0) is 37.3 Å². The van der Waals surface area contributed by atoms with Crippen molar-refractivity contribution in [1.82, 2.24) is 10.2 Å². The largest absolute Gasteiger partial charge is 0.354 e. The van der Waals surface area contributed by atoms with Crippen LogP contribution < -0.4 is 11.1 Å². The molecule has 1 amide bonds. The molecule has 1 unspecified atom stereocenters. The van der Waals surface area contributed by atoms with Crippen molar-refractivity contribution < 1.29 is 4.79 Å². The Balaban J connectivity index is 1.45. The molecular weight excluding hydrogens is 250 g/mol. The first-order chi connectivity index (χ1) is 9.74. The van der Waals surface area contributed by atoms with Crippen molar-refractivity contribution in [3.05, 3.63) is 35.9 Å². The average Bonchev–Trinajstić information content (AvgIpc) is 3.24. The van der Waals surface area contributed by atoms with Crippen molar-refractivity contribution in [2.45, 2.75) is 31.3 Å². The summed E-state index contributed by atoms with van der Waals surface area (Å²) in [5, 5.41) is 3.01. The van der Waals surface area contributed by atoms with Crippen LogP contribution in [-0.4, -0.2) is 36.5 Å². The van der Waals surface area contributed by atoms with Gasteiger partial charge in [-0.25, -0.2) is 0 Å². The van der Waals surface area contributed by atoms with Crippen LogP contribution in [0.25, 0.3) is 0 Å². The fourth-order valence-corrected chi connectivity index (χ4v) is 2.97. The predicted octanol–water partition coefficient (Wildman–Crippen LogP) is 1.29. The quantitative estimate of drug-likeness (QED) is 0.850. The maximum atomic E-state index is 12.1. The molecule has 2 aliphatic rings. The molecule has 3 N–H and O–H groups in total. The minimum atomic E-state index is -0.558. The third-order valence-electron chi connectivity index (χ3n) is 4.39. The van der Waals surface area contributed by atoms with E-state index < -0.39 is 6.04 Å². The topological polar surface area (TPSA) is 58.4 Å². The van der Waals surface area contributed by atoms with Gasteiger partial charge in [0.05, 0.1) is 0 Å². The first kappa shape index (κ1) is 13.6. The number of likely N-dealkylation sites (tertiary alicyclic amines) is 1. The van der Waals surface area contributed by atoms with E-state index in [-0.39, 0.29) is 5.91 Å². The van der Waals surface area contributed by atoms with E-state index in [1.54, 1.807) is 0 Å². The summed E-state index contributed by atoms with van der Waals surface area (Å²) in [4.78, 5) is 14.6. The number of hydrogen-bond acceptors (Lipinski definition) is 3. The number of benzene rings is 1. The molecule has 0 aromatic heterocycles. The molecule has 2 fully saturated rings. The molecule has 1 aliphatic carbocycles. The van der Waals surface area contributed by atoms with Gasteiger partial charge in [0.15, 0.2) is 0 Å². The molecule has 1 aromatic rings. The van der Waals surface area contributed by atoms with Gasteiger partial charge in [0, 0.05) is 19.1 Å². The highest BCUT2D eigenvalue weighted by Gasteiger charge is 2.34. The predicted molar refractivity (Wildman–Crippen MR) is 79.1 cm³/mol. The molecule has 1 saturated heterocycles. The molecule has 4 heteroatoms. The fraction of sp³-hybridized carbons (Fsp3) is 0.562. The SMILES string of the molecule is N[C@@H](C(=O)NCC1CCN(C2CC2)C1)c1ccccc1. The van der Waals surface area contributed by atoms with Gasteiger partial charge in [-0.2, -0.15) is 0 Å². The van der Waals surface area contributed by atoms with E-state index in [0.717, 1.165) is 24.7 Å². The number of hydrogen-bond donors (Lipinski definition) is 2. The van der Waals surface area contributed by atoms with Crippen LogP contribution in [0.15, 0.2) is 30.3 Å². The summed E-state index contributed by atoms with van der Waals surface area (Å²) in [7, 11) is 0. The number of rotatable bonds is 5. The Morgan fingerprint density at radius 3 is 2.75 bits per heavy atom. The number of nitrogens with one attached hydrogen (secondary N) is 1. The summed E-state index contributed by atoms with van der Waals surface area (Å²) < 4.78 is 0. The van der Waals surface area contributed by atoms with E-state index in [2.05, 4.69) is 10.2 Å². The molecule has 1 aromatic carbocycles. The van der Waals surface area contributed by atoms with Gasteiger partial charge in [-0.3, -0.25) is 4.79 Å². The van der Waals surface area contributed by atoms with Crippen molar-refractivity contribution in [3.63, 3.8) is 0 Å². The number of nitrogens with zero attached hydrogens (tertiary/aromatic N) is 1. The number of carbonyl (C=O) groups is 1. The molecule has 1 heterocycles. The Morgan fingerprint density at radius 2 is 2.05 bits per heavy atom. The minimum absolute atomic E-state index is 0.0685. The molecule has 4 nitrogen and oxygen atoms in total. The second kappa shape index (κ2) is 5.94. The van der Waals surface area contributed by atoms with E-state index in [0.29, 0.717) is 5.92 Å². The lowest BCUT2D eigenvalue weighted by atomic mass is 10.1. The Bertz CT molecular complexity index is 458. The van der Waals surface area contributed by atoms with E-state index in [9.17, 15) is 4.79 Å². The Labute approximate surface area is 120 Å². The normalized spacial score (nSPS) is 24.6. The highest BCUT2D eigenvalue weighted by atomic mass is 16.2. The highest BCUT2D eigenvalue weighted by Crippen LogP contribution is 2.31. The average molecular weight is 273 g/mol. The first-order valence-corrected chi connectivity index (χ1v) is 7.56. The molecule has 0 radical (unpaired) electrons. The first-order valence-electron chi connectivity index (χ1n) is 7.56. The third-order valence-corrected chi connectivity index (χ3v) is 4.39. The fourth-order valence-electron chi connectivity index (χ4n) is 2.97. The molecule has 1 saturated carbocycles. The lowest BCUT2D eigenvalue weighted by molar-refractivity contribution is -0.122. The zero-order valence-corrected chi connectivity index (χ0v) is 11.8. The van der Waals surface area contributed by atoms with Crippen molar-refractivity contribution >= 4 is 5.91 Å². The molecule has 3 rings (SSSR count). The molecule has 0 spiro atoms. The van der Waals surface area contributed by atoms with Gasteiger partial charge in [0.1, 0.15) is 6.04 Å². The van der Waals surface area contributed by atoms with Crippen molar-refractivity contribution in [3.8, 4) is 0 Å². The van der Waals surface area contributed by atoms with Crippen LogP contribution in [0.5, 0.6) is 0 Å². The highest BCUT2D eigenvalue weighted by molar-refractivity contribution is 5.82. The third kappa shape index (κ3) is 3.19. The molecule has 108 valence electrons. The molecule has 1 aliphatic heterocycles. The van der Waals surface area contributed by atoms with E-state index in [1.165, 1.54) is 25.8 Å². The number of carbonyl (C=O) groups excluding carboxylic acids is 1. The van der Waals surface area contributed by atoms with Gasteiger partial charge in [0.2, 0.25) is 5.91 Å². The lowest BCUT2D eigenvalue weighted by Crippen LogP contribution is -2.37. The second-order valence-corrected chi connectivity index (χ2v) is 6.01. The van der Waals surface area contributed by atoms with E-state index in [4.69, 9.17) is 5.73 Å².